The number of hydrogen-bond donors (Lipinski definition) is 1. The highest BCUT2D eigenvalue weighted by molar-refractivity contribution is 5.76. The molecule has 2 aliphatic carbocycles. The minimum atomic E-state index is 0.241. The summed E-state index contributed by atoms with van der Waals surface area (Å²) in [4.78, 5) is 19.6. The first-order valence-corrected chi connectivity index (χ1v) is 9.86. The van der Waals surface area contributed by atoms with Crippen molar-refractivity contribution in [2.45, 2.75) is 50.4 Å². The molecule has 5 rings (SSSR count). The molecule has 26 heavy (non-hydrogen) atoms. The maximum absolute atomic E-state index is 12.8. The Hall–Kier alpha value is -2.18. The number of likely N-dealkylation sites (tertiary alicyclic amines) is 1. The third-order valence-corrected chi connectivity index (χ3v) is 6.12. The molecule has 0 spiro atoms. The summed E-state index contributed by atoms with van der Waals surface area (Å²) in [5, 5.41) is 12.0. The summed E-state index contributed by atoms with van der Waals surface area (Å²) in [6.45, 7) is 1.65. The van der Waals surface area contributed by atoms with Gasteiger partial charge in [0.1, 0.15) is 5.82 Å². The van der Waals surface area contributed by atoms with E-state index in [0.717, 1.165) is 36.4 Å². The van der Waals surface area contributed by atoms with E-state index in [4.69, 9.17) is 4.98 Å². The summed E-state index contributed by atoms with van der Waals surface area (Å²) in [5.41, 5.74) is 0.986. The monoisotopic (exact) mass is 354 g/mol. The first-order valence-electron chi connectivity index (χ1n) is 9.86. The molecule has 3 fully saturated rings. The van der Waals surface area contributed by atoms with Gasteiger partial charge in [0.2, 0.25) is 5.91 Å². The molecule has 2 atom stereocenters. The van der Waals surface area contributed by atoms with E-state index >= 15 is 0 Å². The predicted molar refractivity (Wildman–Crippen MR) is 95.4 cm³/mol. The standard InChI is InChI=1S/C19H26N6O/c1-24-9-8-14(23-24)6-7-17(26)25-10-15(12-2-3-12)16(11-25)19-20-18(21-22-19)13-4-5-13/h8-9,12-13,15-16H,2-7,10-11H2,1H3,(H,20,21,22)/t15-,16+/m1/s1. The van der Waals surface area contributed by atoms with Gasteiger partial charge in [-0.05, 0) is 43.6 Å². The van der Waals surface area contributed by atoms with Crippen LogP contribution in [0.1, 0.15) is 61.3 Å². The number of aromatic nitrogens is 5. The molecule has 1 saturated heterocycles. The van der Waals surface area contributed by atoms with Crippen LogP contribution in [0, 0.1) is 11.8 Å². The Morgan fingerprint density at radius 3 is 2.81 bits per heavy atom. The number of nitrogens with one attached hydrogen (secondary N) is 1. The second-order valence-electron chi connectivity index (χ2n) is 8.24. The number of hydrogen-bond acceptors (Lipinski definition) is 4. The van der Waals surface area contributed by atoms with E-state index in [1.54, 1.807) is 4.68 Å². The van der Waals surface area contributed by atoms with Gasteiger partial charge in [-0.15, -0.1) is 0 Å². The molecular formula is C19H26N6O. The molecule has 7 heteroatoms. The van der Waals surface area contributed by atoms with E-state index in [-0.39, 0.29) is 5.91 Å². The first-order chi connectivity index (χ1) is 12.7. The summed E-state index contributed by atoms with van der Waals surface area (Å²) >= 11 is 0. The quantitative estimate of drug-likeness (QED) is 0.860. The Labute approximate surface area is 153 Å². The minimum absolute atomic E-state index is 0.241. The van der Waals surface area contributed by atoms with Crippen LogP contribution in [0.2, 0.25) is 0 Å². The van der Waals surface area contributed by atoms with Gasteiger partial charge in [0.25, 0.3) is 0 Å². The summed E-state index contributed by atoms with van der Waals surface area (Å²) in [7, 11) is 1.91. The lowest BCUT2D eigenvalue weighted by atomic mass is 9.91. The second-order valence-corrected chi connectivity index (χ2v) is 8.24. The second kappa shape index (κ2) is 6.21. The van der Waals surface area contributed by atoms with Gasteiger partial charge >= 0.3 is 0 Å². The molecule has 138 valence electrons. The average Bonchev–Trinajstić information content (AvgIpc) is 3.53. The van der Waals surface area contributed by atoms with Crippen molar-refractivity contribution < 1.29 is 4.79 Å². The number of rotatable bonds is 6. The number of amides is 1. The van der Waals surface area contributed by atoms with Gasteiger partial charge in [-0.25, -0.2) is 4.98 Å². The van der Waals surface area contributed by atoms with Crippen LogP contribution in [-0.2, 0) is 18.3 Å². The average molecular weight is 354 g/mol. The maximum atomic E-state index is 12.8. The van der Waals surface area contributed by atoms with Gasteiger partial charge in [-0.2, -0.15) is 10.2 Å². The molecule has 2 aromatic rings. The molecule has 7 nitrogen and oxygen atoms in total. The fraction of sp³-hybridized carbons (Fsp3) is 0.684. The molecule has 1 N–H and O–H groups in total. The van der Waals surface area contributed by atoms with Crippen molar-refractivity contribution in [3.8, 4) is 0 Å². The molecule has 3 heterocycles. The fourth-order valence-corrected chi connectivity index (χ4v) is 4.29. The molecule has 0 aromatic carbocycles. The van der Waals surface area contributed by atoms with E-state index in [9.17, 15) is 4.79 Å². The van der Waals surface area contributed by atoms with Crippen LogP contribution < -0.4 is 0 Å². The lowest BCUT2D eigenvalue weighted by Gasteiger charge is -2.15. The Balaban J connectivity index is 1.25. The lowest BCUT2D eigenvalue weighted by Crippen LogP contribution is -2.29. The number of carbonyl (C=O) groups excluding carboxylic acids is 1. The predicted octanol–water partition coefficient (Wildman–Crippen LogP) is 2.00. The van der Waals surface area contributed by atoms with Crippen molar-refractivity contribution in [1.82, 2.24) is 29.9 Å². The summed E-state index contributed by atoms with van der Waals surface area (Å²) in [6.07, 6.45) is 8.18. The van der Waals surface area contributed by atoms with E-state index in [2.05, 4.69) is 20.2 Å². The number of aryl methyl sites for hydroxylation is 2. The van der Waals surface area contributed by atoms with Crippen molar-refractivity contribution in [3.63, 3.8) is 0 Å². The van der Waals surface area contributed by atoms with E-state index in [1.165, 1.54) is 25.7 Å². The maximum Gasteiger partial charge on any atom is 0.222 e. The van der Waals surface area contributed by atoms with Crippen LogP contribution in [0.25, 0.3) is 0 Å². The van der Waals surface area contributed by atoms with Gasteiger partial charge in [0, 0.05) is 51.0 Å². The van der Waals surface area contributed by atoms with E-state index in [0.29, 0.717) is 30.6 Å². The summed E-state index contributed by atoms with van der Waals surface area (Å²) in [6, 6.07) is 1.99. The normalized spacial score (nSPS) is 25.8. The van der Waals surface area contributed by atoms with Crippen molar-refractivity contribution in [3.05, 3.63) is 29.6 Å². The molecular weight excluding hydrogens is 328 g/mol. The van der Waals surface area contributed by atoms with Crippen molar-refractivity contribution in [1.29, 1.82) is 0 Å². The zero-order valence-electron chi connectivity index (χ0n) is 15.3. The minimum Gasteiger partial charge on any atom is -0.342 e. The SMILES string of the molecule is Cn1ccc(CCC(=O)N2C[C@H](c3nc(C4CC4)n[nH]3)[C@@H](C3CC3)C2)n1. The van der Waals surface area contributed by atoms with E-state index < -0.39 is 0 Å². The number of H-pyrrole nitrogens is 1. The highest BCUT2D eigenvalue weighted by Crippen LogP contribution is 2.47. The van der Waals surface area contributed by atoms with Crippen molar-refractivity contribution >= 4 is 5.91 Å². The van der Waals surface area contributed by atoms with Gasteiger partial charge in [-0.3, -0.25) is 14.6 Å². The molecule has 2 saturated carbocycles. The topological polar surface area (TPSA) is 79.7 Å². The van der Waals surface area contributed by atoms with Crippen LogP contribution in [-0.4, -0.2) is 48.9 Å². The third kappa shape index (κ3) is 3.15. The molecule has 1 amide bonds. The molecule has 3 aliphatic rings. The smallest absolute Gasteiger partial charge is 0.222 e. The summed E-state index contributed by atoms with van der Waals surface area (Å²) in [5.74, 6) is 4.40. The zero-order valence-corrected chi connectivity index (χ0v) is 15.3. The Kier molecular flexibility index (Phi) is 3.83. The Morgan fingerprint density at radius 1 is 1.27 bits per heavy atom. The van der Waals surface area contributed by atoms with Crippen LogP contribution in [0.5, 0.6) is 0 Å². The van der Waals surface area contributed by atoms with Crippen LogP contribution in [0.15, 0.2) is 12.3 Å². The number of nitrogens with zero attached hydrogens (tertiary/aromatic N) is 5. The number of carbonyl (C=O) groups is 1. The molecule has 2 aromatic heterocycles. The van der Waals surface area contributed by atoms with Crippen molar-refractivity contribution in [2.24, 2.45) is 18.9 Å². The van der Waals surface area contributed by atoms with Crippen molar-refractivity contribution in [2.75, 3.05) is 13.1 Å². The molecule has 1 aliphatic heterocycles. The Morgan fingerprint density at radius 2 is 2.12 bits per heavy atom. The highest BCUT2D eigenvalue weighted by Gasteiger charge is 2.45. The fourth-order valence-electron chi connectivity index (χ4n) is 4.29. The number of aromatic amines is 1. The van der Waals surface area contributed by atoms with Crippen LogP contribution >= 0.6 is 0 Å². The third-order valence-electron chi connectivity index (χ3n) is 6.12. The molecule has 0 bridgehead atoms. The van der Waals surface area contributed by atoms with Gasteiger partial charge in [-0.1, -0.05) is 0 Å². The molecule has 0 radical (unpaired) electrons. The highest BCUT2D eigenvalue weighted by atomic mass is 16.2. The van der Waals surface area contributed by atoms with Gasteiger partial charge in [0.15, 0.2) is 5.82 Å². The summed E-state index contributed by atoms with van der Waals surface area (Å²) < 4.78 is 1.79. The van der Waals surface area contributed by atoms with Crippen LogP contribution in [0.4, 0.5) is 0 Å². The lowest BCUT2D eigenvalue weighted by molar-refractivity contribution is -0.130. The van der Waals surface area contributed by atoms with E-state index in [1.807, 2.05) is 19.3 Å². The van der Waals surface area contributed by atoms with Gasteiger partial charge in [0.05, 0.1) is 5.69 Å². The zero-order chi connectivity index (χ0) is 17.7. The van der Waals surface area contributed by atoms with Gasteiger partial charge < -0.3 is 4.90 Å². The Bertz CT molecular complexity index is 803. The van der Waals surface area contributed by atoms with Crippen LogP contribution in [0.3, 0.4) is 0 Å². The molecule has 0 unspecified atom stereocenters. The largest absolute Gasteiger partial charge is 0.342 e. The first kappa shape index (κ1) is 16.0.